The summed E-state index contributed by atoms with van der Waals surface area (Å²) in [6.45, 7) is 8.40. The molecule has 0 aliphatic carbocycles. The molecular formula is C27H39N3. The van der Waals surface area contributed by atoms with Crippen molar-refractivity contribution in [3.63, 3.8) is 0 Å². The van der Waals surface area contributed by atoms with Crippen LogP contribution < -0.4 is 5.32 Å². The molecule has 162 valence electrons. The molecule has 2 saturated heterocycles. The smallest absolute Gasteiger partial charge is 0.0361 e. The molecule has 0 radical (unpaired) electrons. The summed E-state index contributed by atoms with van der Waals surface area (Å²) in [5.41, 5.74) is 2.99. The molecule has 0 saturated carbocycles. The lowest BCUT2D eigenvalue weighted by Gasteiger charge is -2.38. The SMILES string of the molecule is c1ccc(CCCC2CCN(CCC(c3ccccc3)N3CCNCC3)CC2)cc1. The van der Waals surface area contributed by atoms with Gasteiger partial charge in [-0.3, -0.25) is 4.90 Å². The number of aryl methyl sites for hydroxylation is 1. The third kappa shape index (κ3) is 6.41. The highest BCUT2D eigenvalue weighted by Crippen LogP contribution is 2.27. The van der Waals surface area contributed by atoms with Gasteiger partial charge in [-0.25, -0.2) is 0 Å². The van der Waals surface area contributed by atoms with Crippen LogP contribution in [0.1, 0.15) is 49.3 Å². The van der Waals surface area contributed by atoms with Crippen molar-refractivity contribution in [1.29, 1.82) is 0 Å². The minimum Gasteiger partial charge on any atom is -0.314 e. The molecule has 4 rings (SSSR count). The summed E-state index contributed by atoms with van der Waals surface area (Å²) in [6, 6.07) is 22.7. The zero-order chi connectivity index (χ0) is 20.4. The van der Waals surface area contributed by atoms with Crippen molar-refractivity contribution >= 4 is 0 Å². The first-order valence-corrected chi connectivity index (χ1v) is 12.1. The van der Waals surface area contributed by atoms with Crippen LogP contribution in [0.4, 0.5) is 0 Å². The van der Waals surface area contributed by atoms with Gasteiger partial charge in [-0.15, -0.1) is 0 Å². The Kier molecular flexibility index (Phi) is 8.36. The number of piperidine rings is 1. The zero-order valence-corrected chi connectivity index (χ0v) is 18.5. The molecule has 2 aliphatic rings. The van der Waals surface area contributed by atoms with Crippen LogP contribution in [0.3, 0.4) is 0 Å². The molecule has 2 aliphatic heterocycles. The number of hydrogen-bond donors (Lipinski definition) is 1. The number of nitrogens with zero attached hydrogens (tertiary/aromatic N) is 2. The fourth-order valence-corrected chi connectivity index (χ4v) is 5.27. The van der Waals surface area contributed by atoms with Crippen LogP contribution in [-0.2, 0) is 6.42 Å². The molecule has 1 unspecified atom stereocenters. The lowest BCUT2D eigenvalue weighted by molar-refractivity contribution is 0.128. The molecule has 2 fully saturated rings. The zero-order valence-electron chi connectivity index (χ0n) is 18.5. The van der Waals surface area contributed by atoms with Crippen molar-refractivity contribution < 1.29 is 0 Å². The standard InChI is InChI=1S/C27H39N3/c1-3-8-24(9-4-1)10-7-11-25-14-19-29(20-15-25)21-16-27(26-12-5-2-6-13-26)30-22-17-28-18-23-30/h1-6,8-9,12-13,25,27-28H,7,10-11,14-23H2. The van der Waals surface area contributed by atoms with Gasteiger partial charge in [0, 0.05) is 32.2 Å². The van der Waals surface area contributed by atoms with Crippen LogP contribution >= 0.6 is 0 Å². The second-order valence-corrected chi connectivity index (χ2v) is 9.16. The van der Waals surface area contributed by atoms with Crippen molar-refractivity contribution in [2.75, 3.05) is 45.8 Å². The molecular weight excluding hydrogens is 366 g/mol. The Balaban J connectivity index is 1.20. The lowest BCUT2D eigenvalue weighted by atomic mass is 9.90. The van der Waals surface area contributed by atoms with E-state index in [-0.39, 0.29) is 0 Å². The van der Waals surface area contributed by atoms with Crippen molar-refractivity contribution in [1.82, 2.24) is 15.1 Å². The average Bonchev–Trinajstić information content (AvgIpc) is 2.82. The number of nitrogens with one attached hydrogen (secondary N) is 1. The van der Waals surface area contributed by atoms with E-state index in [1.54, 1.807) is 0 Å². The third-order valence-electron chi connectivity index (χ3n) is 7.12. The fraction of sp³-hybridized carbons (Fsp3) is 0.556. The summed E-state index contributed by atoms with van der Waals surface area (Å²) in [5.74, 6) is 0.933. The third-order valence-corrected chi connectivity index (χ3v) is 7.12. The van der Waals surface area contributed by atoms with Gasteiger partial charge in [-0.1, -0.05) is 67.1 Å². The monoisotopic (exact) mass is 405 g/mol. The predicted octanol–water partition coefficient (Wildman–Crippen LogP) is 4.76. The number of hydrogen-bond acceptors (Lipinski definition) is 3. The summed E-state index contributed by atoms with van der Waals surface area (Å²) in [7, 11) is 0. The highest BCUT2D eigenvalue weighted by atomic mass is 15.2. The maximum Gasteiger partial charge on any atom is 0.0361 e. The van der Waals surface area contributed by atoms with Crippen molar-refractivity contribution in [2.45, 2.75) is 44.6 Å². The Hall–Kier alpha value is -1.68. The molecule has 2 aromatic rings. The van der Waals surface area contributed by atoms with Gasteiger partial charge < -0.3 is 10.2 Å². The second-order valence-electron chi connectivity index (χ2n) is 9.16. The van der Waals surface area contributed by atoms with E-state index in [0.29, 0.717) is 6.04 Å². The van der Waals surface area contributed by atoms with E-state index in [4.69, 9.17) is 0 Å². The summed E-state index contributed by atoms with van der Waals surface area (Å²) < 4.78 is 0. The van der Waals surface area contributed by atoms with E-state index in [2.05, 4.69) is 75.8 Å². The summed E-state index contributed by atoms with van der Waals surface area (Å²) in [5, 5.41) is 3.51. The van der Waals surface area contributed by atoms with E-state index in [1.807, 2.05) is 0 Å². The minimum atomic E-state index is 0.567. The second kappa shape index (κ2) is 11.6. The van der Waals surface area contributed by atoms with Crippen LogP contribution in [0.5, 0.6) is 0 Å². The van der Waals surface area contributed by atoms with Crippen molar-refractivity contribution in [3.8, 4) is 0 Å². The summed E-state index contributed by atoms with van der Waals surface area (Å²) in [4.78, 5) is 5.42. The van der Waals surface area contributed by atoms with Gasteiger partial charge in [-0.05, 0) is 68.8 Å². The first-order chi connectivity index (χ1) is 14.9. The topological polar surface area (TPSA) is 18.5 Å². The van der Waals surface area contributed by atoms with Crippen LogP contribution in [0, 0.1) is 5.92 Å². The molecule has 3 nitrogen and oxygen atoms in total. The van der Waals surface area contributed by atoms with E-state index in [9.17, 15) is 0 Å². The van der Waals surface area contributed by atoms with Gasteiger partial charge in [0.25, 0.3) is 0 Å². The average molecular weight is 406 g/mol. The van der Waals surface area contributed by atoms with Gasteiger partial charge in [0.1, 0.15) is 0 Å². The maximum absolute atomic E-state index is 3.51. The highest BCUT2D eigenvalue weighted by molar-refractivity contribution is 5.19. The largest absolute Gasteiger partial charge is 0.314 e. The molecule has 0 amide bonds. The van der Waals surface area contributed by atoms with E-state index in [0.717, 1.165) is 19.0 Å². The summed E-state index contributed by atoms with van der Waals surface area (Å²) in [6.07, 6.45) is 8.01. The quantitative estimate of drug-likeness (QED) is 0.649. The van der Waals surface area contributed by atoms with E-state index >= 15 is 0 Å². The number of likely N-dealkylation sites (tertiary alicyclic amines) is 1. The molecule has 2 aromatic carbocycles. The normalized spacial score (nSPS) is 20.3. The molecule has 0 spiro atoms. The van der Waals surface area contributed by atoms with Gasteiger partial charge in [0.05, 0.1) is 0 Å². The molecule has 1 N–H and O–H groups in total. The number of piperazine rings is 1. The lowest BCUT2D eigenvalue weighted by Crippen LogP contribution is -2.46. The molecule has 30 heavy (non-hydrogen) atoms. The Morgan fingerprint density at radius 1 is 0.833 bits per heavy atom. The van der Waals surface area contributed by atoms with Gasteiger partial charge in [-0.2, -0.15) is 0 Å². The molecule has 0 aromatic heterocycles. The highest BCUT2D eigenvalue weighted by Gasteiger charge is 2.24. The van der Waals surface area contributed by atoms with E-state index in [1.165, 1.54) is 82.4 Å². The fourth-order valence-electron chi connectivity index (χ4n) is 5.27. The van der Waals surface area contributed by atoms with Crippen molar-refractivity contribution in [2.24, 2.45) is 5.92 Å². The van der Waals surface area contributed by atoms with Gasteiger partial charge >= 0.3 is 0 Å². The van der Waals surface area contributed by atoms with Crippen molar-refractivity contribution in [3.05, 3.63) is 71.8 Å². The van der Waals surface area contributed by atoms with Crippen LogP contribution in [-0.4, -0.2) is 55.6 Å². The van der Waals surface area contributed by atoms with Crippen LogP contribution in [0.2, 0.25) is 0 Å². The first-order valence-electron chi connectivity index (χ1n) is 12.1. The Morgan fingerprint density at radius 2 is 1.50 bits per heavy atom. The van der Waals surface area contributed by atoms with Gasteiger partial charge in [0.2, 0.25) is 0 Å². The first kappa shape index (κ1) is 21.5. The molecule has 1 atom stereocenters. The number of benzene rings is 2. The molecule has 0 bridgehead atoms. The van der Waals surface area contributed by atoms with Crippen LogP contribution in [0.15, 0.2) is 60.7 Å². The van der Waals surface area contributed by atoms with Crippen LogP contribution in [0.25, 0.3) is 0 Å². The predicted molar refractivity (Wildman–Crippen MR) is 127 cm³/mol. The number of rotatable bonds is 9. The van der Waals surface area contributed by atoms with E-state index < -0.39 is 0 Å². The Morgan fingerprint density at radius 3 is 2.20 bits per heavy atom. The minimum absolute atomic E-state index is 0.567. The van der Waals surface area contributed by atoms with Gasteiger partial charge in [0.15, 0.2) is 0 Å². The Bertz CT molecular complexity index is 703. The Labute approximate surface area is 183 Å². The summed E-state index contributed by atoms with van der Waals surface area (Å²) >= 11 is 0. The molecule has 3 heteroatoms. The molecule has 2 heterocycles. The maximum atomic E-state index is 3.51.